The van der Waals surface area contributed by atoms with Crippen molar-refractivity contribution in [2.45, 2.75) is 26.4 Å². The van der Waals surface area contributed by atoms with Crippen molar-refractivity contribution in [3.63, 3.8) is 0 Å². The Morgan fingerprint density at radius 3 is 2.38 bits per heavy atom. The second kappa shape index (κ2) is 9.15. The molecule has 136 valence electrons. The average Bonchev–Trinajstić information content (AvgIpc) is 2.62. The van der Waals surface area contributed by atoms with Crippen LogP contribution in [0.1, 0.15) is 39.6 Å². The standard InChI is InChI=1S/C20H20ClNO4/c1-13-5-3-4-6-17(13)20(25)22-12-11-18(23)26-14(2)19(24)15-7-9-16(21)10-8-15/h3-10,14H,11-12H2,1-2H3,(H,22,25). The summed E-state index contributed by atoms with van der Waals surface area (Å²) in [6.45, 7) is 3.49. The van der Waals surface area contributed by atoms with Crippen molar-refractivity contribution in [2.24, 2.45) is 0 Å². The molecule has 0 saturated heterocycles. The number of ketones is 1. The van der Waals surface area contributed by atoms with Crippen LogP contribution in [0.15, 0.2) is 48.5 Å². The van der Waals surface area contributed by atoms with Crippen molar-refractivity contribution in [1.82, 2.24) is 5.32 Å². The highest BCUT2D eigenvalue weighted by atomic mass is 35.5. The molecular weight excluding hydrogens is 354 g/mol. The first-order valence-corrected chi connectivity index (χ1v) is 8.59. The maximum absolute atomic E-state index is 12.2. The number of rotatable bonds is 7. The third-order valence-corrected chi connectivity index (χ3v) is 4.06. The van der Waals surface area contributed by atoms with Gasteiger partial charge in [0.15, 0.2) is 6.10 Å². The van der Waals surface area contributed by atoms with Gasteiger partial charge in [-0.2, -0.15) is 0 Å². The number of halogens is 1. The summed E-state index contributed by atoms with van der Waals surface area (Å²) in [4.78, 5) is 36.1. The number of carbonyl (C=O) groups excluding carboxylic acids is 3. The van der Waals surface area contributed by atoms with E-state index in [1.807, 2.05) is 19.1 Å². The average molecular weight is 374 g/mol. The molecule has 26 heavy (non-hydrogen) atoms. The summed E-state index contributed by atoms with van der Waals surface area (Å²) in [6.07, 6.45) is -0.925. The van der Waals surface area contributed by atoms with Crippen LogP contribution in [0.5, 0.6) is 0 Å². The van der Waals surface area contributed by atoms with E-state index in [2.05, 4.69) is 5.32 Å². The van der Waals surface area contributed by atoms with Gasteiger partial charge in [-0.3, -0.25) is 14.4 Å². The molecule has 0 aromatic heterocycles. The van der Waals surface area contributed by atoms with E-state index in [-0.39, 0.29) is 24.7 Å². The summed E-state index contributed by atoms with van der Waals surface area (Å²) in [6, 6.07) is 13.6. The van der Waals surface area contributed by atoms with Gasteiger partial charge in [0, 0.05) is 22.7 Å². The van der Waals surface area contributed by atoms with Crippen molar-refractivity contribution in [1.29, 1.82) is 0 Å². The first-order chi connectivity index (χ1) is 12.4. The van der Waals surface area contributed by atoms with Crippen LogP contribution in [0, 0.1) is 6.92 Å². The highest BCUT2D eigenvalue weighted by Gasteiger charge is 2.19. The first-order valence-electron chi connectivity index (χ1n) is 8.21. The van der Waals surface area contributed by atoms with Crippen LogP contribution >= 0.6 is 11.6 Å². The molecule has 0 heterocycles. The maximum Gasteiger partial charge on any atom is 0.308 e. The topological polar surface area (TPSA) is 72.5 Å². The zero-order valence-electron chi connectivity index (χ0n) is 14.6. The zero-order chi connectivity index (χ0) is 19.1. The Kier molecular flexibility index (Phi) is 6.92. The van der Waals surface area contributed by atoms with E-state index in [1.165, 1.54) is 6.92 Å². The van der Waals surface area contributed by atoms with Gasteiger partial charge < -0.3 is 10.1 Å². The zero-order valence-corrected chi connectivity index (χ0v) is 15.4. The predicted octanol–water partition coefficient (Wildman–Crippen LogP) is 3.58. The van der Waals surface area contributed by atoms with Crippen LogP contribution < -0.4 is 5.32 Å². The molecule has 0 spiro atoms. The lowest BCUT2D eigenvalue weighted by molar-refractivity contribution is -0.146. The van der Waals surface area contributed by atoms with Gasteiger partial charge in [-0.15, -0.1) is 0 Å². The van der Waals surface area contributed by atoms with Crippen LogP contribution in [0.4, 0.5) is 0 Å². The highest BCUT2D eigenvalue weighted by molar-refractivity contribution is 6.30. The van der Waals surface area contributed by atoms with Gasteiger partial charge in [-0.1, -0.05) is 29.8 Å². The number of aryl methyl sites for hydroxylation is 1. The predicted molar refractivity (Wildman–Crippen MR) is 99.5 cm³/mol. The smallest absolute Gasteiger partial charge is 0.308 e. The number of benzene rings is 2. The molecule has 2 aromatic rings. The lowest BCUT2D eigenvalue weighted by Gasteiger charge is -2.13. The molecule has 0 bridgehead atoms. The molecule has 1 amide bonds. The molecule has 0 saturated carbocycles. The minimum Gasteiger partial charge on any atom is -0.454 e. The van der Waals surface area contributed by atoms with Gasteiger partial charge in [0.05, 0.1) is 6.42 Å². The molecule has 2 aromatic carbocycles. The van der Waals surface area contributed by atoms with Crippen molar-refractivity contribution >= 4 is 29.3 Å². The van der Waals surface area contributed by atoms with Crippen molar-refractivity contribution in [3.05, 3.63) is 70.2 Å². The number of Topliss-reactive ketones (excluding diaryl/α,β-unsaturated/α-hetero) is 1. The summed E-state index contributed by atoms with van der Waals surface area (Å²) in [5.74, 6) is -1.11. The largest absolute Gasteiger partial charge is 0.454 e. The van der Waals surface area contributed by atoms with Gasteiger partial charge in [0.2, 0.25) is 5.78 Å². The fourth-order valence-corrected chi connectivity index (χ4v) is 2.49. The SMILES string of the molecule is Cc1ccccc1C(=O)NCCC(=O)OC(C)C(=O)c1ccc(Cl)cc1. The van der Waals surface area contributed by atoms with Gasteiger partial charge in [0.1, 0.15) is 0 Å². The third kappa shape index (κ3) is 5.43. The number of ether oxygens (including phenoxy) is 1. The highest BCUT2D eigenvalue weighted by Crippen LogP contribution is 2.12. The Morgan fingerprint density at radius 2 is 1.73 bits per heavy atom. The minimum atomic E-state index is -0.907. The Bertz CT molecular complexity index is 802. The normalized spacial score (nSPS) is 11.5. The van der Waals surface area contributed by atoms with E-state index >= 15 is 0 Å². The minimum absolute atomic E-state index is 0.0180. The number of carbonyl (C=O) groups is 3. The second-order valence-electron chi connectivity index (χ2n) is 5.82. The van der Waals surface area contributed by atoms with E-state index in [0.717, 1.165) is 5.56 Å². The van der Waals surface area contributed by atoms with E-state index < -0.39 is 12.1 Å². The summed E-state index contributed by atoms with van der Waals surface area (Å²) in [5, 5.41) is 3.20. The first kappa shape index (κ1) is 19.7. The van der Waals surface area contributed by atoms with Gasteiger partial charge >= 0.3 is 5.97 Å². The quantitative estimate of drug-likeness (QED) is 0.594. The van der Waals surface area contributed by atoms with Crippen molar-refractivity contribution in [2.75, 3.05) is 6.54 Å². The lowest BCUT2D eigenvalue weighted by atomic mass is 10.1. The van der Waals surface area contributed by atoms with Crippen molar-refractivity contribution in [3.8, 4) is 0 Å². The van der Waals surface area contributed by atoms with E-state index in [4.69, 9.17) is 16.3 Å². The Balaban J connectivity index is 1.79. The Morgan fingerprint density at radius 1 is 1.08 bits per heavy atom. The molecular formula is C20H20ClNO4. The molecule has 0 fully saturated rings. The van der Waals surface area contributed by atoms with Crippen molar-refractivity contribution < 1.29 is 19.1 Å². The van der Waals surface area contributed by atoms with Crippen LogP contribution in [0.3, 0.4) is 0 Å². The Hall–Kier alpha value is -2.66. The molecule has 0 aliphatic heterocycles. The second-order valence-corrected chi connectivity index (χ2v) is 6.26. The molecule has 0 aliphatic carbocycles. The van der Waals surface area contributed by atoms with Gasteiger partial charge in [-0.25, -0.2) is 0 Å². The number of hydrogen-bond donors (Lipinski definition) is 1. The summed E-state index contributed by atoms with van der Waals surface area (Å²) in [5.41, 5.74) is 1.84. The lowest BCUT2D eigenvalue weighted by Crippen LogP contribution is -2.29. The molecule has 1 atom stereocenters. The molecule has 1 N–H and O–H groups in total. The monoisotopic (exact) mass is 373 g/mol. The number of esters is 1. The molecule has 6 heteroatoms. The number of amides is 1. The number of nitrogens with one attached hydrogen (secondary N) is 1. The molecule has 5 nitrogen and oxygen atoms in total. The van der Waals surface area contributed by atoms with Gasteiger partial charge in [-0.05, 0) is 49.7 Å². The van der Waals surface area contributed by atoms with Crippen LogP contribution in [0.25, 0.3) is 0 Å². The Labute approximate surface area is 157 Å². The molecule has 2 rings (SSSR count). The molecule has 0 radical (unpaired) electrons. The van der Waals surface area contributed by atoms with Crippen LogP contribution in [0.2, 0.25) is 5.02 Å². The van der Waals surface area contributed by atoms with Crippen LogP contribution in [-0.2, 0) is 9.53 Å². The number of hydrogen-bond acceptors (Lipinski definition) is 4. The maximum atomic E-state index is 12.2. The fraction of sp³-hybridized carbons (Fsp3) is 0.250. The van der Waals surface area contributed by atoms with E-state index in [1.54, 1.807) is 36.4 Å². The van der Waals surface area contributed by atoms with Gasteiger partial charge in [0.25, 0.3) is 5.91 Å². The molecule has 0 aliphatic rings. The van der Waals surface area contributed by atoms with E-state index in [9.17, 15) is 14.4 Å². The van der Waals surface area contributed by atoms with E-state index in [0.29, 0.717) is 16.1 Å². The summed E-state index contributed by atoms with van der Waals surface area (Å²) in [7, 11) is 0. The summed E-state index contributed by atoms with van der Waals surface area (Å²) < 4.78 is 5.14. The fourth-order valence-electron chi connectivity index (χ4n) is 2.36. The summed E-state index contributed by atoms with van der Waals surface area (Å²) >= 11 is 5.79. The molecule has 1 unspecified atom stereocenters. The van der Waals surface area contributed by atoms with Crippen LogP contribution in [-0.4, -0.2) is 30.3 Å². The third-order valence-electron chi connectivity index (χ3n) is 3.81.